The first kappa shape index (κ1) is 13.6. The van der Waals surface area contributed by atoms with Crippen molar-refractivity contribution in [2.75, 3.05) is 0 Å². The van der Waals surface area contributed by atoms with Gasteiger partial charge < -0.3 is 4.74 Å². The number of carbonyl (C=O) groups is 1. The molecule has 1 aromatic carbocycles. The SMILES string of the molecule is CC(C)Oc1ccc2c(c1)C(=O)C(=Cc1ccncc1)C2. The Balaban J connectivity index is 1.90. The fourth-order valence-corrected chi connectivity index (χ4v) is 2.50. The molecule has 0 fully saturated rings. The predicted octanol–water partition coefficient (Wildman–Crippen LogP) is 3.69. The van der Waals surface area contributed by atoms with E-state index in [2.05, 4.69) is 4.98 Å². The third-order valence-electron chi connectivity index (χ3n) is 3.42. The van der Waals surface area contributed by atoms with Crippen LogP contribution in [0.25, 0.3) is 6.08 Å². The molecule has 0 saturated carbocycles. The average molecular weight is 279 g/mol. The average Bonchev–Trinajstić information content (AvgIpc) is 2.76. The van der Waals surface area contributed by atoms with Crippen LogP contribution in [-0.4, -0.2) is 16.9 Å². The van der Waals surface area contributed by atoms with Gasteiger partial charge in [0.1, 0.15) is 5.75 Å². The van der Waals surface area contributed by atoms with Gasteiger partial charge in [0.2, 0.25) is 0 Å². The number of pyridine rings is 1. The standard InChI is InChI=1S/C18H17NO2/c1-12(2)21-16-4-3-14-10-15(18(20)17(14)11-16)9-13-5-7-19-8-6-13/h3-9,11-12H,10H2,1-2H3. The molecule has 3 nitrogen and oxygen atoms in total. The second-order valence-corrected chi connectivity index (χ2v) is 5.44. The van der Waals surface area contributed by atoms with E-state index in [4.69, 9.17) is 4.74 Å². The summed E-state index contributed by atoms with van der Waals surface area (Å²) in [7, 11) is 0. The maximum Gasteiger partial charge on any atom is 0.189 e. The summed E-state index contributed by atoms with van der Waals surface area (Å²) in [4.78, 5) is 16.5. The topological polar surface area (TPSA) is 39.2 Å². The Morgan fingerprint density at radius 1 is 1.19 bits per heavy atom. The molecule has 21 heavy (non-hydrogen) atoms. The summed E-state index contributed by atoms with van der Waals surface area (Å²) in [6, 6.07) is 9.57. The summed E-state index contributed by atoms with van der Waals surface area (Å²) >= 11 is 0. The summed E-state index contributed by atoms with van der Waals surface area (Å²) in [6.45, 7) is 3.95. The Labute approximate surface area is 124 Å². The molecule has 1 aliphatic carbocycles. The van der Waals surface area contributed by atoms with Gasteiger partial charge in [0.05, 0.1) is 6.10 Å². The summed E-state index contributed by atoms with van der Waals surface area (Å²) in [5.74, 6) is 0.846. The number of ketones is 1. The fraction of sp³-hybridized carbons (Fsp3) is 0.222. The summed E-state index contributed by atoms with van der Waals surface area (Å²) in [5, 5.41) is 0. The number of fused-ring (bicyclic) bond motifs is 1. The van der Waals surface area contributed by atoms with E-state index < -0.39 is 0 Å². The van der Waals surface area contributed by atoms with Gasteiger partial charge in [0.25, 0.3) is 0 Å². The molecule has 0 atom stereocenters. The largest absolute Gasteiger partial charge is 0.491 e. The van der Waals surface area contributed by atoms with Gasteiger partial charge in [-0.05, 0) is 55.3 Å². The van der Waals surface area contributed by atoms with E-state index >= 15 is 0 Å². The van der Waals surface area contributed by atoms with Crippen molar-refractivity contribution in [3.05, 3.63) is 65.0 Å². The van der Waals surface area contributed by atoms with Gasteiger partial charge in [-0.25, -0.2) is 0 Å². The van der Waals surface area contributed by atoms with Gasteiger partial charge in [-0.15, -0.1) is 0 Å². The van der Waals surface area contributed by atoms with Gasteiger partial charge in [-0.3, -0.25) is 9.78 Å². The minimum atomic E-state index is 0.0935. The lowest BCUT2D eigenvalue weighted by Crippen LogP contribution is -2.06. The normalized spacial score (nSPS) is 15.6. The third-order valence-corrected chi connectivity index (χ3v) is 3.42. The molecule has 1 heterocycles. The molecule has 0 N–H and O–H groups in total. The van der Waals surface area contributed by atoms with Crippen LogP contribution in [0.15, 0.2) is 48.3 Å². The van der Waals surface area contributed by atoms with E-state index in [1.54, 1.807) is 12.4 Å². The molecule has 3 rings (SSSR count). The lowest BCUT2D eigenvalue weighted by atomic mass is 10.1. The number of Topliss-reactive ketones (excluding diaryl/α,β-unsaturated/α-hetero) is 1. The van der Waals surface area contributed by atoms with E-state index in [1.807, 2.05) is 50.3 Å². The maximum atomic E-state index is 12.5. The van der Waals surface area contributed by atoms with Gasteiger partial charge in [0, 0.05) is 30.0 Å². The van der Waals surface area contributed by atoms with Crippen molar-refractivity contribution in [3.8, 4) is 5.75 Å². The Morgan fingerprint density at radius 2 is 1.95 bits per heavy atom. The minimum Gasteiger partial charge on any atom is -0.491 e. The van der Waals surface area contributed by atoms with Crippen molar-refractivity contribution < 1.29 is 9.53 Å². The monoisotopic (exact) mass is 279 g/mol. The van der Waals surface area contributed by atoms with E-state index in [1.165, 1.54) is 0 Å². The van der Waals surface area contributed by atoms with Crippen LogP contribution < -0.4 is 4.74 Å². The lowest BCUT2D eigenvalue weighted by molar-refractivity contribution is 0.104. The molecule has 106 valence electrons. The van der Waals surface area contributed by atoms with Crippen LogP contribution in [-0.2, 0) is 6.42 Å². The van der Waals surface area contributed by atoms with E-state index in [-0.39, 0.29) is 11.9 Å². The predicted molar refractivity (Wildman–Crippen MR) is 82.5 cm³/mol. The second kappa shape index (κ2) is 5.52. The van der Waals surface area contributed by atoms with Crippen molar-refractivity contribution in [2.45, 2.75) is 26.4 Å². The highest BCUT2D eigenvalue weighted by molar-refractivity contribution is 6.15. The Kier molecular flexibility index (Phi) is 3.57. The molecule has 0 saturated heterocycles. The van der Waals surface area contributed by atoms with Crippen molar-refractivity contribution >= 4 is 11.9 Å². The highest BCUT2D eigenvalue weighted by Crippen LogP contribution is 2.30. The molecule has 0 amide bonds. The quantitative estimate of drug-likeness (QED) is 0.804. The Morgan fingerprint density at radius 3 is 2.67 bits per heavy atom. The third kappa shape index (κ3) is 2.87. The Bertz CT molecular complexity index is 702. The summed E-state index contributed by atoms with van der Waals surface area (Å²) in [6.07, 6.45) is 6.18. The lowest BCUT2D eigenvalue weighted by Gasteiger charge is -2.10. The number of carbonyl (C=O) groups excluding carboxylic acids is 1. The molecule has 0 unspecified atom stereocenters. The van der Waals surface area contributed by atoms with Crippen molar-refractivity contribution in [1.29, 1.82) is 0 Å². The number of ether oxygens (including phenoxy) is 1. The fourth-order valence-electron chi connectivity index (χ4n) is 2.50. The van der Waals surface area contributed by atoms with Crippen molar-refractivity contribution in [3.63, 3.8) is 0 Å². The zero-order valence-electron chi connectivity index (χ0n) is 12.2. The first-order valence-electron chi connectivity index (χ1n) is 7.08. The smallest absolute Gasteiger partial charge is 0.189 e. The van der Waals surface area contributed by atoms with E-state index in [9.17, 15) is 4.79 Å². The van der Waals surface area contributed by atoms with Crippen LogP contribution in [0.2, 0.25) is 0 Å². The number of hydrogen-bond acceptors (Lipinski definition) is 3. The molecule has 3 heteroatoms. The molecule has 1 aliphatic rings. The molecule has 0 spiro atoms. The number of aromatic nitrogens is 1. The highest BCUT2D eigenvalue weighted by atomic mass is 16.5. The van der Waals surface area contributed by atoms with Crippen LogP contribution in [0.3, 0.4) is 0 Å². The molecule has 0 radical (unpaired) electrons. The summed E-state index contributed by atoms with van der Waals surface area (Å²) < 4.78 is 5.66. The first-order valence-corrected chi connectivity index (χ1v) is 7.08. The maximum absolute atomic E-state index is 12.5. The van der Waals surface area contributed by atoms with Crippen LogP contribution in [0.4, 0.5) is 0 Å². The van der Waals surface area contributed by atoms with Crippen molar-refractivity contribution in [2.24, 2.45) is 0 Å². The van der Waals surface area contributed by atoms with Gasteiger partial charge in [0.15, 0.2) is 5.78 Å². The number of benzene rings is 1. The Hall–Kier alpha value is -2.42. The minimum absolute atomic E-state index is 0.0935. The molecule has 0 bridgehead atoms. The van der Waals surface area contributed by atoms with Crippen LogP contribution in [0.5, 0.6) is 5.75 Å². The zero-order chi connectivity index (χ0) is 14.8. The second-order valence-electron chi connectivity index (χ2n) is 5.44. The molecular weight excluding hydrogens is 262 g/mol. The van der Waals surface area contributed by atoms with Crippen LogP contribution in [0, 0.1) is 0 Å². The van der Waals surface area contributed by atoms with E-state index in [0.29, 0.717) is 6.42 Å². The van der Waals surface area contributed by atoms with Gasteiger partial charge in [-0.1, -0.05) is 6.07 Å². The summed E-state index contributed by atoms with van der Waals surface area (Å²) in [5.41, 5.74) is 3.64. The zero-order valence-corrected chi connectivity index (χ0v) is 12.2. The molecule has 1 aromatic heterocycles. The van der Waals surface area contributed by atoms with Crippen LogP contribution in [0.1, 0.15) is 35.3 Å². The van der Waals surface area contributed by atoms with Crippen LogP contribution >= 0.6 is 0 Å². The first-order chi connectivity index (χ1) is 10.1. The molecular formula is C18H17NO2. The van der Waals surface area contributed by atoms with Crippen molar-refractivity contribution in [1.82, 2.24) is 4.98 Å². The number of allylic oxidation sites excluding steroid dienone is 1. The molecule has 0 aliphatic heterocycles. The number of hydrogen-bond donors (Lipinski definition) is 0. The highest BCUT2D eigenvalue weighted by Gasteiger charge is 2.25. The number of nitrogens with zero attached hydrogens (tertiary/aromatic N) is 1. The van der Waals surface area contributed by atoms with E-state index in [0.717, 1.165) is 28.0 Å². The van der Waals surface area contributed by atoms with Gasteiger partial charge >= 0.3 is 0 Å². The molecule has 2 aromatic rings. The van der Waals surface area contributed by atoms with Gasteiger partial charge in [-0.2, -0.15) is 0 Å². The number of rotatable bonds is 3.